The average molecular weight is 491 g/mol. The first kappa shape index (κ1) is 24.8. The number of carbonyl (C=O) groups is 1. The van der Waals surface area contributed by atoms with E-state index in [2.05, 4.69) is 15.0 Å². The summed E-state index contributed by atoms with van der Waals surface area (Å²) in [7, 11) is 0. The van der Waals surface area contributed by atoms with E-state index in [1.807, 2.05) is 91.5 Å². The van der Waals surface area contributed by atoms with Crippen molar-refractivity contribution in [3.63, 3.8) is 0 Å². The minimum Gasteiger partial charge on any atom is -0.389 e. The van der Waals surface area contributed by atoms with E-state index in [1.54, 1.807) is 0 Å². The molecule has 1 amide bonds. The summed E-state index contributed by atoms with van der Waals surface area (Å²) in [5, 5.41) is 18.8. The lowest BCUT2D eigenvalue weighted by Gasteiger charge is -2.38. The van der Waals surface area contributed by atoms with Crippen molar-refractivity contribution in [3.05, 3.63) is 83.9 Å². The molecule has 0 unspecified atom stereocenters. The first-order valence-electron chi connectivity index (χ1n) is 11.9. The number of hydrogen-bond acceptors (Lipinski definition) is 7. The highest BCUT2D eigenvalue weighted by atomic mass is 32.2. The van der Waals surface area contributed by atoms with Gasteiger partial charge in [-0.3, -0.25) is 4.79 Å². The molecule has 3 aromatic carbocycles. The Balaban J connectivity index is 0.00000141. The van der Waals surface area contributed by atoms with E-state index in [0.717, 1.165) is 16.1 Å². The molecule has 0 saturated carbocycles. The zero-order valence-electron chi connectivity index (χ0n) is 20.0. The van der Waals surface area contributed by atoms with Crippen molar-refractivity contribution in [2.45, 2.75) is 43.6 Å². The number of piperidine rings is 1. The fourth-order valence-electron chi connectivity index (χ4n) is 4.12. The van der Waals surface area contributed by atoms with Gasteiger partial charge in [0, 0.05) is 30.8 Å². The lowest BCUT2D eigenvalue weighted by atomic mass is 9.85. The summed E-state index contributed by atoms with van der Waals surface area (Å²) < 4.78 is 8.07. The molecule has 1 aliphatic heterocycles. The van der Waals surface area contributed by atoms with Crippen LogP contribution in [0.3, 0.4) is 0 Å². The number of aromatic nitrogens is 2. The Morgan fingerprint density at radius 2 is 1.71 bits per heavy atom. The molecule has 0 atom stereocenters. The first-order chi connectivity index (χ1) is 17.1. The normalized spacial score (nSPS) is 14.8. The highest BCUT2D eigenvalue weighted by Crippen LogP contribution is 2.29. The Morgan fingerprint density at radius 1 is 1.00 bits per heavy atom. The molecule has 1 saturated heterocycles. The van der Waals surface area contributed by atoms with Gasteiger partial charge in [0.25, 0.3) is 5.91 Å². The molecule has 35 heavy (non-hydrogen) atoms. The number of nitrogens with zero attached hydrogens (tertiary/aromatic N) is 3. The Morgan fingerprint density at radius 3 is 2.43 bits per heavy atom. The van der Waals surface area contributed by atoms with Crippen LogP contribution in [-0.4, -0.2) is 44.9 Å². The van der Waals surface area contributed by atoms with E-state index in [1.165, 1.54) is 11.9 Å². The summed E-state index contributed by atoms with van der Waals surface area (Å²) in [6.07, 6.45) is 1.77. The van der Waals surface area contributed by atoms with Crippen LogP contribution in [0.25, 0.3) is 11.0 Å². The second-order valence-electron chi connectivity index (χ2n) is 8.35. The van der Waals surface area contributed by atoms with Crippen LogP contribution in [0.1, 0.15) is 42.6 Å². The first-order valence-corrected chi connectivity index (χ1v) is 12.7. The maximum absolute atomic E-state index is 13.0. The standard InChI is InChI=1S/C25H24N4O3S.C2H6/c30-24(29-15-13-25(31,14-16-29)17-18-5-2-1-3-6-18)19-9-11-20(12-10-19)28-33-22-8-4-7-21-23(22)27-32-26-21;1-2/h1-12,28,31H,13-17H2;1-2H3. The average Bonchev–Trinajstić information content (AvgIpc) is 3.39. The van der Waals surface area contributed by atoms with Gasteiger partial charge in [-0.05, 0) is 77.1 Å². The SMILES string of the molecule is CC.O=C(c1ccc(NSc2cccc3nonc23)cc1)N1CCC(O)(Cc2ccccc2)CC1. The number of nitrogens with one attached hydrogen (secondary N) is 1. The fourth-order valence-corrected chi connectivity index (χ4v) is 4.87. The molecular formula is C27H30N4O3S. The van der Waals surface area contributed by atoms with E-state index in [-0.39, 0.29) is 5.91 Å². The molecular weight excluding hydrogens is 460 g/mol. The van der Waals surface area contributed by atoms with Crippen LogP contribution in [-0.2, 0) is 6.42 Å². The molecule has 4 aromatic rings. The van der Waals surface area contributed by atoms with Crippen molar-refractivity contribution in [1.29, 1.82) is 0 Å². The molecule has 5 rings (SSSR count). The topological polar surface area (TPSA) is 91.5 Å². The lowest BCUT2D eigenvalue weighted by molar-refractivity contribution is -0.0162. The van der Waals surface area contributed by atoms with Gasteiger partial charge in [-0.15, -0.1) is 0 Å². The van der Waals surface area contributed by atoms with Crippen molar-refractivity contribution in [2.75, 3.05) is 17.8 Å². The second kappa shape index (κ2) is 11.4. The smallest absolute Gasteiger partial charge is 0.253 e. The number of anilines is 1. The summed E-state index contributed by atoms with van der Waals surface area (Å²) in [4.78, 5) is 15.7. The Hall–Kier alpha value is -3.36. The van der Waals surface area contributed by atoms with Gasteiger partial charge in [0.15, 0.2) is 5.52 Å². The third-order valence-corrected chi connectivity index (χ3v) is 6.90. The van der Waals surface area contributed by atoms with Crippen molar-refractivity contribution in [1.82, 2.24) is 15.2 Å². The highest BCUT2D eigenvalue weighted by Gasteiger charge is 2.34. The number of benzene rings is 3. The summed E-state index contributed by atoms with van der Waals surface area (Å²) in [6, 6.07) is 23.1. The summed E-state index contributed by atoms with van der Waals surface area (Å²) >= 11 is 1.41. The largest absolute Gasteiger partial charge is 0.389 e. The molecule has 2 N–H and O–H groups in total. The molecule has 8 heteroatoms. The fraction of sp³-hybridized carbons (Fsp3) is 0.296. The highest BCUT2D eigenvalue weighted by molar-refractivity contribution is 8.00. The number of amides is 1. The van der Waals surface area contributed by atoms with Gasteiger partial charge in [-0.2, -0.15) is 0 Å². The number of rotatable bonds is 6. The van der Waals surface area contributed by atoms with E-state index in [9.17, 15) is 9.90 Å². The molecule has 1 aromatic heterocycles. The van der Waals surface area contributed by atoms with Gasteiger partial charge in [0.1, 0.15) is 5.52 Å². The zero-order chi connectivity index (χ0) is 24.7. The van der Waals surface area contributed by atoms with Crippen molar-refractivity contribution < 1.29 is 14.5 Å². The van der Waals surface area contributed by atoms with E-state index >= 15 is 0 Å². The van der Waals surface area contributed by atoms with Gasteiger partial charge < -0.3 is 14.7 Å². The number of hydrogen-bond donors (Lipinski definition) is 2. The molecule has 1 aliphatic rings. The van der Waals surface area contributed by atoms with Crippen LogP contribution < -0.4 is 4.72 Å². The molecule has 1 fully saturated rings. The lowest BCUT2D eigenvalue weighted by Crippen LogP contribution is -2.47. The maximum Gasteiger partial charge on any atom is 0.253 e. The quantitative estimate of drug-likeness (QED) is 0.341. The molecule has 0 spiro atoms. The van der Waals surface area contributed by atoms with Gasteiger partial charge in [-0.1, -0.05) is 50.2 Å². The third kappa shape index (κ3) is 6.01. The van der Waals surface area contributed by atoms with Gasteiger partial charge in [0.05, 0.1) is 10.5 Å². The van der Waals surface area contributed by atoms with E-state index in [0.29, 0.717) is 48.9 Å². The second-order valence-corrected chi connectivity index (χ2v) is 9.20. The van der Waals surface area contributed by atoms with Crippen LogP contribution in [0.5, 0.6) is 0 Å². The Labute approximate surface area is 209 Å². The minimum atomic E-state index is -0.759. The van der Waals surface area contributed by atoms with Crippen molar-refractivity contribution >= 4 is 34.6 Å². The van der Waals surface area contributed by atoms with Crippen LogP contribution in [0.15, 0.2) is 82.3 Å². The molecule has 2 heterocycles. The van der Waals surface area contributed by atoms with Crippen LogP contribution in [0.2, 0.25) is 0 Å². The number of aliphatic hydroxyl groups is 1. The number of likely N-dealkylation sites (tertiary alicyclic amines) is 1. The van der Waals surface area contributed by atoms with Crippen molar-refractivity contribution in [3.8, 4) is 0 Å². The van der Waals surface area contributed by atoms with Crippen LogP contribution >= 0.6 is 11.9 Å². The monoisotopic (exact) mass is 490 g/mol. The van der Waals surface area contributed by atoms with Crippen LogP contribution in [0, 0.1) is 0 Å². The minimum absolute atomic E-state index is 0.00518. The molecule has 0 bridgehead atoms. The Kier molecular flexibility index (Phi) is 8.05. The third-order valence-electron chi connectivity index (χ3n) is 6.02. The maximum atomic E-state index is 13.0. The van der Waals surface area contributed by atoms with Crippen molar-refractivity contribution in [2.24, 2.45) is 0 Å². The summed E-state index contributed by atoms with van der Waals surface area (Å²) in [5.74, 6) is -0.00518. The Bertz CT molecular complexity index is 1240. The zero-order valence-corrected chi connectivity index (χ0v) is 20.8. The predicted molar refractivity (Wildman–Crippen MR) is 139 cm³/mol. The number of carbonyl (C=O) groups excluding carboxylic acids is 1. The molecule has 0 aliphatic carbocycles. The number of fused-ring (bicyclic) bond motifs is 1. The summed E-state index contributed by atoms with van der Waals surface area (Å²) in [6.45, 7) is 5.10. The summed E-state index contributed by atoms with van der Waals surface area (Å²) in [5.41, 5.74) is 3.30. The van der Waals surface area contributed by atoms with Crippen LogP contribution in [0.4, 0.5) is 5.69 Å². The van der Waals surface area contributed by atoms with E-state index in [4.69, 9.17) is 4.63 Å². The van der Waals surface area contributed by atoms with Gasteiger partial charge in [0.2, 0.25) is 0 Å². The molecule has 7 nitrogen and oxygen atoms in total. The predicted octanol–water partition coefficient (Wildman–Crippen LogP) is 5.58. The van der Waals surface area contributed by atoms with E-state index < -0.39 is 5.60 Å². The molecule has 0 radical (unpaired) electrons. The van der Waals surface area contributed by atoms with Gasteiger partial charge >= 0.3 is 0 Å². The van der Waals surface area contributed by atoms with Gasteiger partial charge in [-0.25, -0.2) is 4.63 Å². The molecule has 182 valence electrons.